The predicted octanol–water partition coefficient (Wildman–Crippen LogP) is 2.68. The van der Waals surface area contributed by atoms with E-state index >= 15 is 0 Å². The SMILES string of the molecule is CS(=O)(=O)N1CCc2ccc(NC(=O)COc3ccc(Cl)cc3)cc21. The summed E-state index contributed by atoms with van der Waals surface area (Å²) in [6.45, 7) is 0.264. The molecular weight excluding hydrogens is 364 g/mol. The summed E-state index contributed by atoms with van der Waals surface area (Å²) in [5, 5.41) is 3.30. The molecule has 0 atom stereocenters. The van der Waals surface area contributed by atoms with Gasteiger partial charge in [0, 0.05) is 17.3 Å². The number of rotatable bonds is 5. The van der Waals surface area contributed by atoms with Crippen molar-refractivity contribution in [1.82, 2.24) is 0 Å². The second kappa shape index (κ2) is 6.93. The third-order valence-corrected chi connectivity index (χ3v) is 5.24. The molecule has 1 heterocycles. The van der Waals surface area contributed by atoms with Gasteiger partial charge in [-0.15, -0.1) is 0 Å². The van der Waals surface area contributed by atoms with Crippen molar-refractivity contribution in [2.45, 2.75) is 6.42 Å². The summed E-state index contributed by atoms with van der Waals surface area (Å²) in [6.07, 6.45) is 1.84. The molecule has 0 radical (unpaired) electrons. The molecule has 2 aromatic carbocycles. The predicted molar refractivity (Wildman–Crippen MR) is 97.9 cm³/mol. The van der Waals surface area contributed by atoms with Crippen LogP contribution in [0.4, 0.5) is 11.4 Å². The average molecular weight is 381 g/mol. The lowest BCUT2D eigenvalue weighted by atomic mass is 10.1. The fraction of sp³-hybridized carbons (Fsp3) is 0.235. The summed E-state index contributed by atoms with van der Waals surface area (Å²) in [6, 6.07) is 12.0. The largest absolute Gasteiger partial charge is 0.484 e. The number of hydrogen-bond acceptors (Lipinski definition) is 4. The molecule has 0 fully saturated rings. The average Bonchev–Trinajstić information content (AvgIpc) is 2.98. The fourth-order valence-electron chi connectivity index (χ4n) is 2.65. The molecule has 0 spiro atoms. The Hall–Kier alpha value is -2.25. The molecule has 0 saturated heterocycles. The van der Waals surface area contributed by atoms with Crippen molar-refractivity contribution in [2.24, 2.45) is 0 Å². The maximum absolute atomic E-state index is 12.0. The highest BCUT2D eigenvalue weighted by atomic mass is 35.5. The van der Waals surface area contributed by atoms with Crippen molar-refractivity contribution in [3.63, 3.8) is 0 Å². The van der Waals surface area contributed by atoms with Gasteiger partial charge >= 0.3 is 0 Å². The summed E-state index contributed by atoms with van der Waals surface area (Å²) < 4.78 is 30.4. The van der Waals surface area contributed by atoms with Crippen LogP contribution in [-0.4, -0.2) is 33.7 Å². The van der Waals surface area contributed by atoms with Gasteiger partial charge in [-0.25, -0.2) is 8.42 Å². The normalized spacial score (nSPS) is 13.4. The van der Waals surface area contributed by atoms with E-state index in [9.17, 15) is 13.2 Å². The highest BCUT2D eigenvalue weighted by Gasteiger charge is 2.26. The van der Waals surface area contributed by atoms with E-state index in [2.05, 4.69) is 5.32 Å². The van der Waals surface area contributed by atoms with Crippen molar-refractivity contribution in [2.75, 3.05) is 29.0 Å². The number of sulfonamides is 1. The molecule has 25 heavy (non-hydrogen) atoms. The van der Waals surface area contributed by atoms with Crippen LogP contribution in [0.25, 0.3) is 0 Å². The molecular formula is C17H17ClN2O4S. The van der Waals surface area contributed by atoms with Gasteiger partial charge in [0.15, 0.2) is 6.61 Å². The summed E-state index contributed by atoms with van der Waals surface area (Å²) in [7, 11) is -3.33. The van der Waals surface area contributed by atoms with E-state index in [-0.39, 0.29) is 12.5 Å². The monoisotopic (exact) mass is 380 g/mol. The number of carbonyl (C=O) groups excluding carboxylic acids is 1. The Balaban J connectivity index is 1.65. The number of halogens is 1. The third kappa shape index (κ3) is 4.24. The molecule has 1 amide bonds. The Kier molecular flexibility index (Phi) is 4.87. The molecule has 0 bridgehead atoms. The minimum Gasteiger partial charge on any atom is -0.484 e. The lowest BCUT2D eigenvalue weighted by Crippen LogP contribution is -2.27. The lowest BCUT2D eigenvalue weighted by molar-refractivity contribution is -0.118. The summed E-state index contributed by atoms with van der Waals surface area (Å²) in [5.41, 5.74) is 2.08. The summed E-state index contributed by atoms with van der Waals surface area (Å²) >= 11 is 5.79. The molecule has 0 aliphatic carbocycles. The lowest BCUT2D eigenvalue weighted by Gasteiger charge is -2.17. The number of anilines is 2. The number of hydrogen-bond donors (Lipinski definition) is 1. The Labute approximate surface area is 151 Å². The topological polar surface area (TPSA) is 75.7 Å². The number of ether oxygens (including phenoxy) is 1. The Morgan fingerprint density at radius 3 is 2.64 bits per heavy atom. The zero-order valence-electron chi connectivity index (χ0n) is 13.5. The second-order valence-electron chi connectivity index (χ2n) is 5.72. The zero-order valence-corrected chi connectivity index (χ0v) is 15.1. The molecule has 8 heteroatoms. The van der Waals surface area contributed by atoms with Crippen LogP contribution in [0.1, 0.15) is 5.56 Å². The van der Waals surface area contributed by atoms with Crippen LogP contribution in [-0.2, 0) is 21.2 Å². The fourth-order valence-corrected chi connectivity index (χ4v) is 3.73. The summed E-state index contributed by atoms with van der Waals surface area (Å²) in [5.74, 6) is 0.204. The Bertz CT molecular complexity index is 897. The molecule has 0 aromatic heterocycles. The first kappa shape index (κ1) is 17.6. The van der Waals surface area contributed by atoms with Crippen LogP contribution in [0, 0.1) is 0 Å². The van der Waals surface area contributed by atoms with Crippen LogP contribution in [0.15, 0.2) is 42.5 Å². The molecule has 1 N–H and O–H groups in total. The summed E-state index contributed by atoms with van der Waals surface area (Å²) in [4.78, 5) is 12.0. The van der Waals surface area contributed by atoms with E-state index in [0.717, 1.165) is 5.56 Å². The van der Waals surface area contributed by atoms with Gasteiger partial charge < -0.3 is 10.1 Å². The maximum Gasteiger partial charge on any atom is 0.262 e. The second-order valence-corrected chi connectivity index (χ2v) is 8.06. The van der Waals surface area contributed by atoms with Gasteiger partial charge in [0.2, 0.25) is 10.0 Å². The first-order valence-corrected chi connectivity index (χ1v) is 9.84. The Morgan fingerprint density at radius 1 is 1.24 bits per heavy atom. The van der Waals surface area contributed by atoms with Crippen LogP contribution in [0.3, 0.4) is 0 Å². The van der Waals surface area contributed by atoms with E-state index < -0.39 is 10.0 Å². The van der Waals surface area contributed by atoms with Gasteiger partial charge in [-0.05, 0) is 48.4 Å². The quantitative estimate of drug-likeness (QED) is 0.865. The molecule has 3 rings (SSSR count). The van der Waals surface area contributed by atoms with Crippen LogP contribution < -0.4 is 14.4 Å². The molecule has 2 aromatic rings. The van der Waals surface area contributed by atoms with E-state index in [1.807, 2.05) is 6.07 Å². The molecule has 1 aliphatic rings. The zero-order chi connectivity index (χ0) is 18.0. The first-order valence-electron chi connectivity index (χ1n) is 7.62. The number of carbonyl (C=O) groups is 1. The number of amides is 1. The minimum atomic E-state index is -3.33. The van der Waals surface area contributed by atoms with E-state index in [0.29, 0.717) is 35.1 Å². The number of benzene rings is 2. The van der Waals surface area contributed by atoms with Gasteiger partial charge in [0.05, 0.1) is 11.9 Å². The van der Waals surface area contributed by atoms with Crippen molar-refractivity contribution >= 4 is 38.9 Å². The first-order chi connectivity index (χ1) is 11.8. The van der Waals surface area contributed by atoms with Crippen LogP contribution in [0.5, 0.6) is 5.75 Å². The number of fused-ring (bicyclic) bond motifs is 1. The van der Waals surface area contributed by atoms with E-state index in [4.69, 9.17) is 16.3 Å². The van der Waals surface area contributed by atoms with Crippen molar-refractivity contribution in [3.8, 4) is 5.75 Å². The molecule has 132 valence electrons. The van der Waals surface area contributed by atoms with E-state index in [1.54, 1.807) is 36.4 Å². The molecule has 0 saturated carbocycles. The van der Waals surface area contributed by atoms with Crippen LogP contribution >= 0.6 is 11.6 Å². The van der Waals surface area contributed by atoms with Crippen molar-refractivity contribution in [1.29, 1.82) is 0 Å². The molecule has 0 unspecified atom stereocenters. The number of nitrogens with zero attached hydrogens (tertiary/aromatic N) is 1. The highest BCUT2D eigenvalue weighted by Crippen LogP contribution is 2.32. The van der Waals surface area contributed by atoms with Gasteiger partial charge in [0.25, 0.3) is 5.91 Å². The smallest absolute Gasteiger partial charge is 0.262 e. The van der Waals surface area contributed by atoms with Crippen molar-refractivity contribution < 1.29 is 17.9 Å². The third-order valence-electron chi connectivity index (χ3n) is 3.81. The van der Waals surface area contributed by atoms with Gasteiger partial charge in [-0.1, -0.05) is 17.7 Å². The van der Waals surface area contributed by atoms with Gasteiger partial charge in [-0.2, -0.15) is 0 Å². The van der Waals surface area contributed by atoms with Gasteiger partial charge in [0.1, 0.15) is 5.75 Å². The van der Waals surface area contributed by atoms with Gasteiger partial charge in [-0.3, -0.25) is 9.10 Å². The molecule has 6 nitrogen and oxygen atoms in total. The number of nitrogens with one attached hydrogen (secondary N) is 1. The van der Waals surface area contributed by atoms with E-state index in [1.165, 1.54) is 10.6 Å². The standard InChI is InChI=1S/C17H17ClN2O4S/c1-25(22,23)20-9-8-12-2-5-14(10-16(12)20)19-17(21)11-24-15-6-3-13(18)4-7-15/h2-7,10H,8-9,11H2,1H3,(H,19,21). The Morgan fingerprint density at radius 2 is 1.96 bits per heavy atom. The molecule has 1 aliphatic heterocycles. The van der Waals surface area contributed by atoms with Crippen molar-refractivity contribution in [3.05, 3.63) is 53.1 Å². The maximum atomic E-state index is 12.0. The minimum absolute atomic E-state index is 0.158. The highest BCUT2D eigenvalue weighted by molar-refractivity contribution is 7.92. The van der Waals surface area contributed by atoms with Crippen LogP contribution in [0.2, 0.25) is 5.02 Å².